The van der Waals surface area contributed by atoms with Crippen molar-refractivity contribution in [2.24, 2.45) is 0 Å². The lowest BCUT2D eigenvalue weighted by Gasteiger charge is -2.18. The van der Waals surface area contributed by atoms with Crippen LogP contribution in [0.5, 0.6) is 0 Å². The van der Waals surface area contributed by atoms with Gasteiger partial charge in [0.1, 0.15) is 13.2 Å². The molecule has 0 N–H and O–H groups in total. The smallest absolute Gasteiger partial charge is 0.306 e. The fourth-order valence-corrected chi connectivity index (χ4v) is 6.56. The maximum absolute atomic E-state index is 12.8. The van der Waals surface area contributed by atoms with Crippen LogP contribution in [0.2, 0.25) is 0 Å². The first kappa shape index (κ1) is 63.3. The lowest BCUT2D eigenvalue weighted by Crippen LogP contribution is -2.30. The van der Waals surface area contributed by atoms with E-state index in [0.717, 1.165) is 77.0 Å². The number of carbonyl (C=O) groups excluding carboxylic acids is 3. The lowest BCUT2D eigenvalue weighted by atomic mass is 10.1. The van der Waals surface area contributed by atoms with Crippen molar-refractivity contribution in [1.82, 2.24) is 0 Å². The molecule has 1 unspecified atom stereocenters. The molecule has 0 heterocycles. The first-order valence-electron chi connectivity index (χ1n) is 26.8. The molecule has 0 aliphatic rings. The summed E-state index contributed by atoms with van der Waals surface area (Å²) in [7, 11) is 0. The van der Waals surface area contributed by atoms with Gasteiger partial charge in [-0.25, -0.2) is 0 Å². The SMILES string of the molecule is CC/C=C\C/C=C\C/C=C\C/C=C\C/C=C\CCC(=O)OCC(COC(=O)CCC/C=C\C/C=C\C/C=C\C/C=C\CCCCC)OC(=O)CCC/C=C\C/C=C\C/C=C\CCCCCCCC. The molecule has 0 aromatic rings. The monoisotopic (exact) mass is 937 g/mol. The number of hydrogen-bond donors (Lipinski definition) is 0. The fraction of sp³-hybridized carbons (Fsp3) is 0.565. The zero-order chi connectivity index (χ0) is 49.3. The normalized spacial score (nSPS) is 13.3. The molecule has 0 amide bonds. The number of rotatable bonds is 46. The molecule has 0 radical (unpaired) electrons. The van der Waals surface area contributed by atoms with Gasteiger partial charge in [-0.3, -0.25) is 14.4 Å². The zero-order valence-electron chi connectivity index (χ0n) is 43.3. The number of allylic oxidation sites excluding steroid dienone is 24. The van der Waals surface area contributed by atoms with E-state index in [1.807, 2.05) is 12.2 Å². The van der Waals surface area contributed by atoms with Crippen LogP contribution in [0.25, 0.3) is 0 Å². The highest BCUT2D eigenvalue weighted by molar-refractivity contribution is 5.71. The van der Waals surface area contributed by atoms with Gasteiger partial charge in [0.25, 0.3) is 0 Å². The second kappa shape index (κ2) is 54.9. The number of ether oxygens (including phenoxy) is 3. The van der Waals surface area contributed by atoms with Crippen LogP contribution in [0.3, 0.4) is 0 Å². The van der Waals surface area contributed by atoms with Crippen molar-refractivity contribution in [3.63, 3.8) is 0 Å². The van der Waals surface area contributed by atoms with E-state index in [1.54, 1.807) is 0 Å². The Morgan fingerprint density at radius 2 is 0.603 bits per heavy atom. The highest BCUT2D eigenvalue weighted by atomic mass is 16.6. The quantitative estimate of drug-likeness (QED) is 0.0262. The summed E-state index contributed by atoms with van der Waals surface area (Å²) in [6.45, 7) is 6.31. The maximum atomic E-state index is 12.8. The third-order valence-electron chi connectivity index (χ3n) is 10.6. The van der Waals surface area contributed by atoms with Crippen LogP contribution in [0, 0.1) is 0 Å². The number of unbranched alkanes of at least 4 members (excludes halogenated alkanes) is 11. The predicted octanol–water partition coefficient (Wildman–Crippen LogP) is 18.0. The third kappa shape index (κ3) is 52.3. The third-order valence-corrected chi connectivity index (χ3v) is 10.6. The molecule has 6 nitrogen and oxygen atoms in total. The molecule has 0 saturated carbocycles. The molecule has 0 aromatic carbocycles. The van der Waals surface area contributed by atoms with Crippen LogP contribution in [0.1, 0.15) is 207 Å². The van der Waals surface area contributed by atoms with Gasteiger partial charge in [0.05, 0.1) is 0 Å². The first-order valence-corrected chi connectivity index (χ1v) is 26.8. The van der Waals surface area contributed by atoms with Crippen molar-refractivity contribution >= 4 is 17.9 Å². The van der Waals surface area contributed by atoms with Crippen LogP contribution in [-0.4, -0.2) is 37.2 Å². The molecule has 0 aliphatic heterocycles. The molecule has 0 aromatic heterocycles. The van der Waals surface area contributed by atoms with Gasteiger partial charge in [-0.2, -0.15) is 0 Å². The van der Waals surface area contributed by atoms with Crippen LogP contribution < -0.4 is 0 Å². The minimum atomic E-state index is -0.863. The van der Waals surface area contributed by atoms with Gasteiger partial charge < -0.3 is 14.2 Å². The summed E-state index contributed by atoms with van der Waals surface area (Å²) in [5, 5.41) is 0. The lowest BCUT2D eigenvalue weighted by molar-refractivity contribution is -0.166. The van der Waals surface area contributed by atoms with Gasteiger partial charge in [-0.05, 0) is 122 Å². The van der Waals surface area contributed by atoms with Gasteiger partial charge in [0.2, 0.25) is 0 Å². The molecule has 0 saturated heterocycles. The maximum Gasteiger partial charge on any atom is 0.306 e. The molecule has 0 bridgehead atoms. The number of hydrogen-bond acceptors (Lipinski definition) is 6. The second-order valence-electron chi connectivity index (χ2n) is 17.0. The van der Waals surface area contributed by atoms with E-state index >= 15 is 0 Å². The molecule has 380 valence electrons. The average Bonchev–Trinajstić information content (AvgIpc) is 3.34. The van der Waals surface area contributed by atoms with Crippen molar-refractivity contribution in [1.29, 1.82) is 0 Å². The summed E-state index contributed by atoms with van der Waals surface area (Å²) < 4.78 is 16.6. The molecule has 1 atom stereocenters. The highest BCUT2D eigenvalue weighted by Gasteiger charge is 2.19. The van der Waals surface area contributed by atoms with Crippen molar-refractivity contribution in [3.8, 4) is 0 Å². The van der Waals surface area contributed by atoms with Crippen LogP contribution in [-0.2, 0) is 28.6 Å². The van der Waals surface area contributed by atoms with Crippen molar-refractivity contribution in [2.75, 3.05) is 13.2 Å². The topological polar surface area (TPSA) is 78.9 Å². The Balaban J connectivity index is 4.69. The zero-order valence-corrected chi connectivity index (χ0v) is 43.3. The molecular formula is C62H96O6. The van der Waals surface area contributed by atoms with Gasteiger partial charge in [0.15, 0.2) is 6.10 Å². The summed E-state index contributed by atoms with van der Waals surface area (Å²) in [6.07, 6.45) is 78.5. The molecule has 0 spiro atoms. The minimum absolute atomic E-state index is 0.155. The van der Waals surface area contributed by atoms with E-state index in [0.29, 0.717) is 19.3 Å². The van der Waals surface area contributed by atoms with Crippen LogP contribution >= 0.6 is 0 Å². The van der Waals surface area contributed by atoms with E-state index in [9.17, 15) is 14.4 Å². The molecule has 0 rings (SSSR count). The molecular weight excluding hydrogens is 841 g/mol. The summed E-state index contributed by atoms with van der Waals surface area (Å²) in [4.78, 5) is 38.0. The van der Waals surface area contributed by atoms with Gasteiger partial charge >= 0.3 is 17.9 Å². The van der Waals surface area contributed by atoms with Crippen molar-refractivity contribution in [2.45, 2.75) is 213 Å². The Morgan fingerprint density at radius 3 is 1.01 bits per heavy atom. The number of carbonyl (C=O) groups is 3. The van der Waals surface area contributed by atoms with Crippen molar-refractivity contribution < 1.29 is 28.6 Å². The summed E-state index contributed by atoms with van der Waals surface area (Å²) in [5.41, 5.74) is 0. The van der Waals surface area contributed by atoms with E-state index in [-0.39, 0.29) is 44.4 Å². The summed E-state index contributed by atoms with van der Waals surface area (Å²) in [5.74, 6) is -1.15. The Bertz CT molecular complexity index is 1540. The van der Waals surface area contributed by atoms with Crippen LogP contribution in [0.4, 0.5) is 0 Å². The van der Waals surface area contributed by atoms with Gasteiger partial charge in [-0.15, -0.1) is 0 Å². The Kier molecular flexibility index (Phi) is 51.1. The molecule has 68 heavy (non-hydrogen) atoms. The molecule has 6 heteroatoms. The largest absolute Gasteiger partial charge is 0.462 e. The fourth-order valence-electron chi connectivity index (χ4n) is 6.56. The second-order valence-corrected chi connectivity index (χ2v) is 17.0. The highest BCUT2D eigenvalue weighted by Crippen LogP contribution is 2.10. The van der Waals surface area contributed by atoms with E-state index in [2.05, 4.69) is 154 Å². The Hall–Kier alpha value is -4.71. The summed E-state index contributed by atoms with van der Waals surface area (Å²) >= 11 is 0. The molecule has 0 fully saturated rings. The van der Waals surface area contributed by atoms with Crippen LogP contribution in [0.15, 0.2) is 146 Å². The predicted molar refractivity (Wildman–Crippen MR) is 292 cm³/mol. The minimum Gasteiger partial charge on any atom is -0.462 e. The Labute approximate surface area is 417 Å². The van der Waals surface area contributed by atoms with E-state index in [1.165, 1.54) is 70.6 Å². The number of esters is 3. The van der Waals surface area contributed by atoms with Gasteiger partial charge in [-0.1, -0.05) is 212 Å². The average molecular weight is 937 g/mol. The summed E-state index contributed by atoms with van der Waals surface area (Å²) in [6, 6.07) is 0. The standard InChI is InChI=1S/C62H96O6/c1-4-7-10-13-16-19-22-25-28-31-34-37-40-43-46-49-52-55-61(64)67-58-59(57-66-60(63)54-51-48-45-42-39-36-33-30-27-24-21-18-15-12-9-6-3)68-62(65)56-53-50-47-44-41-38-35-32-29-26-23-20-17-14-11-8-5-2/h9,12,16,18-19,21,25-30,34-39,43-48,59H,4-8,10-11,13-15,17,20,22-24,31-33,40-42,49-58H2,1-3H3/b12-9-,19-16-,21-18-,28-25-,29-26-,30-27-,37-34-,38-35-,39-36-,46-43-,47-44-,48-45-. The van der Waals surface area contributed by atoms with Gasteiger partial charge in [0, 0.05) is 19.3 Å². The van der Waals surface area contributed by atoms with E-state index in [4.69, 9.17) is 14.2 Å². The Morgan fingerprint density at radius 1 is 0.309 bits per heavy atom. The first-order chi connectivity index (χ1) is 33.5. The molecule has 0 aliphatic carbocycles. The van der Waals surface area contributed by atoms with Crippen molar-refractivity contribution in [3.05, 3.63) is 146 Å². The van der Waals surface area contributed by atoms with E-state index < -0.39 is 12.1 Å².